The van der Waals surface area contributed by atoms with Crippen molar-refractivity contribution < 1.29 is 27.9 Å². The molecule has 30 heavy (non-hydrogen) atoms. The van der Waals surface area contributed by atoms with Gasteiger partial charge in [0.1, 0.15) is 0 Å². The maximum Gasteiger partial charge on any atom is 0.414 e. The van der Waals surface area contributed by atoms with Crippen LogP contribution in [0.5, 0.6) is 0 Å². The van der Waals surface area contributed by atoms with E-state index in [0.717, 1.165) is 10.9 Å². The van der Waals surface area contributed by atoms with Crippen molar-refractivity contribution in [2.75, 3.05) is 19.7 Å². The minimum Gasteiger partial charge on any atom is -0.388 e. The number of carbonyl (C=O) groups is 1. The van der Waals surface area contributed by atoms with E-state index in [2.05, 4.69) is 15.0 Å². The zero-order valence-corrected chi connectivity index (χ0v) is 17.3. The Hall–Kier alpha value is -2.04. The van der Waals surface area contributed by atoms with Gasteiger partial charge in [0.25, 0.3) is 0 Å². The third-order valence-corrected chi connectivity index (χ3v) is 5.99. The summed E-state index contributed by atoms with van der Waals surface area (Å²) in [4.78, 5) is 17.6. The van der Waals surface area contributed by atoms with Gasteiger partial charge in [-0.05, 0) is 36.3 Å². The van der Waals surface area contributed by atoms with Crippen LogP contribution in [0.25, 0.3) is 10.9 Å². The van der Waals surface area contributed by atoms with Crippen LogP contribution in [0.1, 0.15) is 38.4 Å². The number of amides is 2. The predicted octanol–water partition coefficient (Wildman–Crippen LogP) is 4.19. The van der Waals surface area contributed by atoms with E-state index < -0.39 is 30.3 Å². The van der Waals surface area contributed by atoms with Gasteiger partial charge in [0.15, 0.2) is 6.61 Å². The number of carbonyl (C=O) groups excluding carboxylic acids is 1. The lowest BCUT2D eigenvalue weighted by Gasteiger charge is -2.43. The number of likely N-dealkylation sites (tertiary alicyclic amines) is 1. The number of piperidine rings is 1. The lowest BCUT2D eigenvalue weighted by Crippen LogP contribution is -2.47. The summed E-state index contributed by atoms with van der Waals surface area (Å²) in [5, 5.41) is 19.4. The lowest BCUT2D eigenvalue weighted by atomic mass is 9.68. The molecule has 1 aliphatic heterocycles. The van der Waals surface area contributed by atoms with Crippen molar-refractivity contribution in [1.82, 2.24) is 20.6 Å². The van der Waals surface area contributed by atoms with Gasteiger partial charge in [0.05, 0.1) is 17.8 Å². The number of hydrogen-bond donors (Lipinski definition) is 3. The van der Waals surface area contributed by atoms with Crippen molar-refractivity contribution in [1.29, 1.82) is 0 Å². The number of hydrogen-bond acceptors (Lipinski definition) is 4. The van der Waals surface area contributed by atoms with Gasteiger partial charge < -0.3 is 10.0 Å². The average Bonchev–Trinajstić information content (AvgIpc) is 3.14. The predicted molar refractivity (Wildman–Crippen MR) is 105 cm³/mol. The number of aliphatic hydroxyl groups is 1. The molecule has 166 valence electrons. The zero-order valence-electron chi connectivity index (χ0n) is 16.6. The van der Waals surface area contributed by atoms with Crippen molar-refractivity contribution in [3.8, 4) is 0 Å². The second-order valence-electron chi connectivity index (χ2n) is 8.13. The minimum atomic E-state index is -4.51. The smallest absolute Gasteiger partial charge is 0.388 e. The van der Waals surface area contributed by atoms with Gasteiger partial charge in [-0.1, -0.05) is 25.4 Å². The molecule has 1 unspecified atom stereocenters. The minimum absolute atomic E-state index is 0.0737. The number of benzene rings is 1. The van der Waals surface area contributed by atoms with Gasteiger partial charge in [-0.3, -0.25) is 9.94 Å². The second-order valence-corrected chi connectivity index (χ2v) is 8.56. The molecular formula is C19H24ClF3N4O3. The molecule has 0 aliphatic carbocycles. The Morgan fingerprint density at radius 1 is 1.40 bits per heavy atom. The molecule has 3 N–H and O–H groups in total. The van der Waals surface area contributed by atoms with Crippen molar-refractivity contribution in [2.45, 2.75) is 39.0 Å². The van der Waals surface area contributed by atoms with Gasteiger partial charge in [-0.2, -0.15) is 18.3 Å². The Bertz CT molecular complexity index is 895. The average molecular weight is 449 g/mol. The molecule has 1 fully saturated rings. The van der Waals surface area contributed by atoms with E-state index in [0.29, 0.717) is 36.5 Å². The molecule has 2 heterocycles. The van der Waals surface area contributed by atoms with Crippen LogP contribution < -0.4 is 5.48 Å². The van der Waals surface area contributed by atoms with Crippen LogP contribution in [0.4, 0.5) is 18.0 Å². The number of rotatable bonds is 5. The van der Waals surface area contributed by atoms with Gasteiger partial charge in [-0.15, -0.1) is 0 Å². The second kappa shape index (κ2) is 8.60. The molecule has 2 aromatic rings. The van der Waals surface area contributed by atoms with Crippen LogP contribution in [0.15, 0.2) is 18.3 Å². The molecule has 11 heteroatoms. The maximum atomic E-state index is 12.1. The van der Waals surface area contributed by atoms with E-state index in [9.17, 15) is 23.1 Å². The Kier molecular flexibility index (Phi) is 6.49. The number of hydroxylamine groups is 1. The lowest BCUT2D eigenvalue weighted by molar-refractivity contribution is -0.185. The third-order valence-electron chi connectivity index (χ3n) is 5.77. The largest absolute Gasteiger partial charge is 0.414 e. The van der Waals surface area contributed by atoms with Crippen LogP contribution in [0.2, 0.25) is 5.02 Å². The summed E-state index contributed by atoms with van der Waals surface area (Å²) in [5.41, 5.74) is 2.66. The highest BCUT2D eigenvalue weighted by Gasteiger charge is 2.40. The molecule has 0 saturated carbocycles. The van der Waals surface area contributed by atoms with Crippen molar-refractivity contribution in [3.05, 3.63) is 28.9 Å². The summed E-state index contributed by atoms with van der Waals surface area (Å²) in [5.74, 6) is 0.0737. The topological polar surface area (TPSA) is 90.5 Å². The molecule has 1 aromatic heterocycles. The number of halogens is 4. The summed E-state index contributed by atoms with van der Waals surface area (Å²) in [6, 6.07) is 2.78. The first-order chi connectivity index (χ1) is 14.0. The first kappa shape index (κ1) is 22.6. The number of nitrogens with one attached hydrogen (secondary N) is 2. The maximum absolute atomic E-state index is 12.1. The van der Waals surface area contributed by atoms with Gasteiger partial charge in [0.2, 0.25) is 0 Å². The van der Waals surface area contributed by atoms with E-state index >= 15 is 0 Å². The van der Waals surface area contributed by atoms with Crippen LogP contribution in [-0.2, 0) is 4.84 Å². The highest BCUT2D eigenvalue weighted by Crippen LogP contribution is 2.46. The Balaban J connectivity index is 1.62. The van der Waals surface area contributed by atoms with Crippen LogP contribution >= 0.6 is 11.6 Å². The van der Waals surface area contributed by atoms with Crippen molar-refractivity contribution in [3.63, 3.8) is 0 Å². The number of fused-ring (bicyclic) bond motifs is 1. The molecule has 0 spiro atoms. The quantitative estimate of drug-likeness (QED) is 0.598. The first-order valence-corrected chi connectivity index (χ1v) is 9.91. The first-order valence-electron chi connectivity index (χ1n) is 9.53. The number of aromatic amines is 1. The monoisotopic (exact) mass is 448 g/mol. The van der Waals surface area contributed by atoms with E-state index in [1.807, 2.05) is 19.3 Å². The summed E-state index contributed by atoms with van der Waals surface area (Å²) in [7, 11) is 0. The number of aliphatic hydroxyl groups excluding tert-OH is 1. The SMILES string of the molecule is CC(C)(C1CCN(C(=O)NOCC(F)(F)F)CC1)C(O)c1cc(Cl)cc2cn[nH]c12. The molecule has 2 amide bonds. The number of alkyl halides is 3. The molecule has 0 bridgehead atoms. The van der Waals surface area contributed by atoms with Gasteiger partial charge in [-0.25, -0.2) is 10.3 Å². The van der Waals surface area contributed by atoms with E-state index in [1.54, 1.807) is 18.3 Å². The molecule has 1 aliphatic rings. The Morgan fingerprint density at radius 2 is 2.07 bits per heavy atom. The fourth-order valence-corrected chi connectivity index (χ4v) is 4.19. The highest BCUT2D eigenvalue weighted by molar-refractivity contribution is 6.31. The Labute approximate surface area is 176 Å². The number of aromatic nitrogens is 2. The fraction of sp³-hybridized carbons (Fsp3) is 0.579. The molecule has 1 saturated heterocycles. The summed E-state index contributed by atoms with van der Waals surface area (Å²) in [6.07, 6.45) is -2.53. The summed E-state index contributed by atoms with van der Waals surface area (Å²) in [6.45, 7) is 3.05. The fourth-order valence-electron chi connectivity index (χ4n) is 3.96. The molecule has 1 atom stereocenters. The van der Waals surface area contributed by atoms with Gasteiger partial charge in [0, 0.05) is 29.1 Å². The van der Waals surface area contributed by atoms with Gasteiger partial charge >= 0.3 is 12.2 Å². The van der Waals surface area contributed by atoms with E-state index in [4.69, 9.17) is 11.6 Å². The molecule has 1 aromatic carbocycles. The number of nitrogens with zero attached hydrogens (tertiary/aromatic N) is 2. The zero-order chi connectivity index (χ0) is 22.1. The Morgan fingerprint density at radius 3 is 2.70 bits per heavy atom. The highest BCUT2D eigenvalue weighted by atomic mass is 35.5. The molecule has 3 rings (SSSR count). The summed E-state index contributed by atoms with van der Waals surface area (Å²) < 4.78 is 36.4. The van der Waals surface area contributed by atoms with Crippen LogP contribution in [-0.4, -0.2) is 52.1 Å². The van der Waals surface area contributed by atoms with E-state index in [1.165, 1.54) is 4.90 Å². The van der Waals surface area contributed by atoms with Crippen molar-refractivity contribution >= 4 is 28.5 Å². The number of urea groups is 1. The van der Waals surface area contributed by atoms with Crippen molar-refractivity contribution in [2.24, 2.45) is 11.3 Å². The van der Waals surface area contributed by atoms with Crippen LogP contribution in [0.3, 0.4) is 0 Å². The molecule has 0 radical (unpaired) electrons. The normalized spacial score (nSPS) is 17.4. The van der Waals surface area contributed by atoms with E-state index in [-0.39, 0.29) is 5.92 Å². The molecular weight excluding hydrogens is 425 g/mol. The third kappa shape index (κ3) is 4.98. The van der Waals surface area contributed by atoms with Crippen LogP contribution in [0, 0.1) is 11.3 Å². The standard InChI is InChI=1S/C19H24ClF3N4O3/c1-18(2,16(28)14-8-13(20)7-11-9-24-25-15(11)14)12-3-5-27(6-4-12)17(29)26-30-10-19(21,22)23/h7-9,12,16,28H,3-6,10H2,1-2H3,(H,24,25)(H,26,29). The molecule has 7 nitrogen and oxygen atoms in total. The summed E-state index contributed by atoms with van der Waals surface area (Å²) >= 11 is 6.20. The number of H-pyrrole nitrogens is 1.